The van der Waals surface area contributed by atoms with E-state index >= 15 is 0 Å². The van der Waals surface area contributed by atoms with Gasteiger partial charge in [-0.1, -0.05) is 0 Å². The maximum absolute atomic E-state index is 12.0. The minimum Gasteiger partial charge on any atom is -0.497 e. The minimum absolute atomic E-state index is 0.228. The Balaban J connectivity index is 1.04. The Morgan fingerprint density at radius 1 is 0.412 bits per heavy atom. The average Bonchev–Trinajstić information content (AvgIpc) is 2.50. The predicted molar refractivity (Wildman–Crippen MR) is 271 cm³/mol. The maximum atomic E-state index is 12.0. The van der Waals surface area contributed by atoms with E-state index < -0.39 is 235 Å². The standard InChI is InChI=1S/C52H82O33/c1-16-26(57)38(34(65)47(72-16)77-22-11-9-21(68-6)10-12-22)80-48-35(66)40(31(62)24(13-53)78-48)82-52-45(85-46-32(63)29(60)23(56)15-71-46)42(28(59)18(3)74-52)84-51-44(70-8)41(27(58)17(2)73-51)83-49-36(67)39(30(61)25(14-54)79-49)81-50-43(69-7)33(64)37(19(4)75-50)76-20(5)55/h9-12,16-19,23-54,56-67H,13-15H2,1-8H3/t16-,17-,18-,19-,23+,24+,25+,26-,27-,28-,29-,30+,31+,32+,33+,34+,35+,36+,37+,38+,39-,40-,41+,42+,43-,44+,45+,46-,47-,48-,49-,50-,51-,52-/m0/s1. The van der Waals surface area contributed by atoms with E-state index in [1.165, 1.54) is 54.0 Å². The van der Waals surface area contributed by atoms with Crippen molar-refractivity contribution in [1.82, 2.24) is 0 Å². The third-order valence-electron chi connectivity index (χ3n) is 16.1. The van der Waals surface area contributed by atoms with Crippen LogP contribution in [0.1, 0.15) is 34.6 Å². The second kappa shape index (κ2) is 29.4. The molecule has 33 heteroatoms. The summed E-state index contributed by atoms with van der Waals surface area (Å²) in [7, 11) is 3.81. The molecule has 85 heavy (non-hydrogen) atoms. The van der Waals surface area contributed by atoms with E-state index in [1.807, 2.05) is 0 Å². The number of hydrogen-bond acceptors (Lipinski definition) is 33. The second-order valence-electron chi connectivity index (χ2n) is 21.8. The first-order chi connectivity index (χ1) is 40.3. The third-order valence-corrected chi connectivity index (χ3v) is 16.1. The number of benzene rings is 1. The molecule has 0 bridgehead atoms. The van der Waals surface area contributed by atoms with E-state index in [2.05, 4.69) is 0 Å². The van der Waals surface area contributed by atoms with E-state index in [9.17, 15) is 76.3 Å². The summed E-state index contributed by atoms with van der Waals surface area (Å²) in [4.78, 5) is 11.8. The first-order valence-electron chi connectivity index (χ1n) is 27.8. The van der Waals surface area contributed by atoms with E-state index in [4.69, 9.17) is 85.3 Å². The van der Waals surface area contributed by atoms with Gasteiger partial charge in [0, 0.05) is 21.1 Å². The number of aliphatic hydroxyl groups is 14. The topological polar surface area (TPSA) is 466 Å². The van der Waals surface area contributed by atoms with Crippen LogP contribution >= 0.6 is 0 Å². The monoisotopic (exact) mass is 1230 g/mol. The van der Waals surface area contributed by atoms with Gasteiger partial charge in [-0.3, -0.25) is 4.79 Å². The number of rotatable bonds is 20. The van der Waals surface area contributed by atoms with Crippen LogP contribution in [-0.2, 0) is 80.6 Å². The summed E-state index contributed by atoms with van der Waals surface area (Å²) in [5.41, 5.74) is 0. The van der Waals surface area contributed by atoms with Crippen LogP contribution in [0.4, 0.5) is 0 Å². The van der Waals surface area contributed by atoms with E-state index in [-0.39, 0.29) is 5.75 Å². The quantitative estimate of drug-likeness (QED) is 0.0539. The Morgan fingerprint density at radius 2 is 0.812 bits per heavy atom. The van der Waals surface area contributed by atoms with Crippen LogP contribution in [0.25, 0.3) is 0 Å². The average molecular weight is 1240 g/mol. The van der Waals surface area contributed by atoms with Crippen molar-refractivity contribution in [3.05, 3.63) is 24.3 Å². The Labute approximate surface area is 487 Å². The molecule has 7 aliphatic heterocycles. The zero-order valence-corrected chi connectivity index (χ0v) is 47.6. The minimum atomic E-state index is -2.10. The first kappa shape index (κ1) is 68.0. The summed E-state index contributed by atoms with van der Waals surface area (Å²) >= 11 is 0. The molecule has 0 amide bonds. The van der Waals surface area contributed by atoms with Gasteiger partial charge < -0.3 is 157 Å². The zero-order chi connectivity index (χ0) is 62.0. The number of carbonyl (C=O) groups excluding carboxylic acids is 1. The van der Waals surface area contributed by atoms with Crippen molar-refractivity contribution < 1.29 is 162 Å². The molecule has 1 aromatic rings. The Morgan fingerprint density at radius 3 is 1.32 bits per heavy atom. The van der Waals surface area contributed by atoms with Crippen LogP contribution in [0.3, 0.4) is 0 Å². The van der Waals surface area contributed by atoms with Gasteiger partial charge in [0.25, 0.3) is 0 Å². The molecule has 0 aromatic heterocycles. The number of carbonyl (C=O) groups is 1. The van der Waals surface area contributed by atoms with Crippen LogP contribution in [0.15, 0.2) is 24.3 Å². The molecule has 7 saturated heterocycles. The molecule has 0 spiro atoms. The molecule has 0 saturated carbocycles. The highest BCUT2D eigenvalue weighted by Crippen LogP contribution is 2.40. The van der Waals surface area contributed by atoms with Crippen LogP contribution in [0, 0.1) is 0 Å². The van der Waals surface area contributed by atoms with Crippen LogP contribution in [0.2, 0.25) is 0 Å². The first-order valence-corrected chi connectivity index (χ1v) is 27.8. The molecule has 7 heterocycles. The van der Waals surface area contributed by atoms with Gasteiger partial charge in [-0.25, -0.2) is 0 Å². The molecule has 0 aliphatic carbocycles. The fourth-order valence-corrected chi connectivity index (χ4v) is 11.1. The fourth-order valence-electron chi connectivity index (χ4n) is 11.1. The van der Waals surface area contributed by atoms with Gasteiger partial charge in [-0.05, 0) is 52.0 Å². The lowest BCUT2D eigenvalue weighted by atomic mass is 9.95. The fraction of sp³-hybridized carbons (Fsp3) is 0.865. The Kier molecular flexibility index (Phi) is 23.5. The molecule has 488 valence electrons. The number of aliphatic hydroxyl groups excluding tert-OH is 14. The molecule has 34 atom stereocenters. The Bertz CT molecular complexity index is 2230. The van der Waals surface area contributed by atoms with Gasteiger partial charge in [0.15, 0.2) is 43.8 Å². The number of ether oxygens (including phenoxy) is 18. The molecule has 0 radical (unpaired) electrons. The molecular formula is C52H82O33. The van der Waals surface area contributed by atoms with Gasteiger partial charge in [-0.15, -0.1) is 0 Å². The summed E-state index contributed by atoms with van der Waals surface area (Å²) in [6.45, 7) is 4.36. The number of methoxy groups -OCH3 is 3. The van der Waals surface area contributed by atoms with E-state index in [1.54, 1.807) is 12.1 Å². The van der Waals surface area contributed by atoms with Gasteiger partial charge in [-0.2, -0.15) is 0 Å². The van der Waals surface area contributed by atoms with Gasteiger partial charge in [0.2, 0.25) is 6.29 Å². The molecule has 1 aromatic carbocycles. The zero-order valence-electron chi connectivity index (χ0n) is 47.6. The summed E-state index contributed by atoms with van der Waals surface area (Å²) in [5, 5.41) is 158. The largest absolute Gasteiger partial charge is 0.497 e. The van der Waals surface area contributed by atoms with Crippen molar-refractivity contribution in [2.75, 3.05) is 41.2 Å². The van der Waals surface area contributed by atoms with Gasteiger partial charge in [0.1, 0.15) is 146 Å². The van der Waals surface area contributed by atoms with Gasteiger partial charge in [0.05, 0.1) is 51.3 Å². The summed E-state index contributed by atoms with van der Waals surface area (Å²) < 4.78 is 106. The third kappa shape index (κ3) is 14.7. The van der Waals surface area contributed by atoms with Crippen molar-refractivity contribution in [1.29, 1.82) is 0 Å². The summed E-state index contributed by atoms with van der Waals surface area (Å²) in [5.74, 6) is 0.00208. The molecule has 8 rings (SSSR count). The second-order valence-corrected chi connectivity index (χ2v) is 21.8. The lowest BCUT2D eigenvalue weighted by Gasteiger charge is -2.51. The van der Waals surface area contributed by atoms with E-state index in [0.29, 0.717) is 5.75 Å². The predicted octanol–water partition coefficient (Wildman–Crippen LogP) is -7.55. The van der Waals surface area contributed by atoms with Crippen molar-refractivity contribution in [2.24, 2.45) is 0 Å². The summed E-state index contributed by atoms with van der Waals surface area (Å²) in [6.07, 6.45) is -56.9. The number of esters is 1. The van der Waals surface area contributed by atoms with Gasteiger partial charge >= 0.3 is 5.97 Å². The highest BCUT2D eigenvalue weighted by molar-refractivity contribution is 5.66. The number of hydrogen-bond donors (Lipinski definition) is 14. The normalized spacial score (nSPS) is 49.0. The molecule has 33 nitrogen and oxygen atoms in total. The Hall–Kier alpha value is -2.87. The molecule has 0 unspecified atom stereocenters. The van der Waals surface area contributed by atoms with Crippen LogP contribution in [-0.4, -0.2) is 327 Å². The highest BCUT2D eigenvalue weighted by Gasteiger charge is 2.59. The molecule has 7 fully saturated rings. The van der Waals surface area contributed by atoms with Crippen molar-refractivity contribution >= 4 is 5.97 Å². The SMILES string of the molecule is COc1ccc(O[C@@H]2O[C@@H](C)[C@H](O)[C@@H](O[C@@H]3O[C@H](CO)[C@@H](O)[C@H](O[C@@H]4O[C@@H](C)[C@H](O)[C@@H](O[C@@H]5O[C@@H](C)[C@H](O)[C@@H](O[C@@H]6O[C@H](CO)[C@@H](O)[C@H](O[C@@H]7O[C@@H](C)[C@@H](OC(C)=O)[C@@H](O)[C@@H]7OC)[C@H]6O)[C@H]5OC)[C@H]4O[C@@H]4OC[C@@H](O)[C@H](O)[C@H]4O)[C@H]3O)[C@H]2O)cc1. The molecule has 7 aliphatic rings. The molecular weight excluding hydrogens is 1150 g/mol. The summed E-state index contributed by atoms with van der Waals surface area (Å²) in [6, 6.07) is 6.24. The van der Waals surface area contributed by atoms with E-state index in [0.717, 1.165) is 14.0 Å². The van der Waals surface area contributed by atoms with Crippen LogP contribution < -0.4 is 9.47 Å². The molecule has 14 N–H and O–H groups in total. The lowest BCUT2D eigenvalue weighted by molar-refractivity contribution is -0.409. The van der Waals surface area contributed by atoms with Crippen molar-refractivity contribution in [3.63, 3.8) is 0 Å². The van der Waals surface area contributed by atoms with Crippen LogP contribution in [0.5, 0.6) is 11.5 Å². The lowest BCUT2D eigenvalue weighted by Crippen LogP contribution is -2.69. The maximum Gasteiger partial charge on any atom is 0.303 e. The highest BCUT2D eigenvalue weighted by atomic mass is 16.8. The van der Waals surface area contributed by atoms with Crippen molar-refractivity contribution in [2.45, 2.75) is 243 Å². The smallest absolute Gasteiger partial charge is 0.303 e. The van der Waals surface area contributed by atoms with Crippen molar-refractivity contribution in [3.8, 4) is 11.5 Å².